The molecule has 3 aromatic rings. The second-order valence-corrected chi connectivity index (χ2v) is 7.01. The maximum absolute atomic E-state index is 13.2. The number of aryl methyl sites for hydroxylation is 3. The average Bonchev–Trinajstić information content (AvgIpc) is 2.99. The zero-order chi connectivity index (χ0) is 19.0. The summed E-state index contributed by atoms with van der Waals surface area (Å²) in [5, 5.41) is 4.51. The third-order valence-corrected chi connectivity index (χ3v) is 4.94. The first-order valence-corrected chi connectivity index (χ1v) is 9.23. The number of ether oxygens (including phenoxy) is 1. The molecule has 1 aliphatic heterocycles. The Hall–Kier alpha value is -2.96. The lowest BCUT2D eigenvalue weighted by Crippen LogP contribution is -2.42. The largest absolute Gasteiger partial charge is 0.474 e. The first-order valence-electron chi connectivity index (χ1n) is 9.23. The summed E-state index contributed by atoms with van der Waals surface area (Å²) in [6, 6.07) is 7.60. The zero-order valence-corrected chi connectivity index (χ0v) is 15.8. The lowest BCUT2D eigenvalue weighted by molar-refractivity contribution is 0.0589. The van der Waals surface area contributed by atoms with Gasteiger partial charge >= 0.3 is 0 Å². The molecule has 1 amide bonds. The van der Waals surface area contributed by atoms with E-state index in [9.17, 15) is 4.79 Å². The van der Waals surface area contributed by atoms with Crippen LogP contribution in [0, 0.1) is 20.8 Å². The van der Waals surface area contributed by atoms with Gasteiger partial charge in [-0.05, 0) is 32.9 Å². The van der Waals surface area contributed by atoms with Gasteiger partial charge in [-0.3, -0.25) is 4.79 Å². The lowest BCUT2D eigenvalue weighted by Gasteiger charge is -2.31. The highest BCUT2D eigenvalue weighted by Gasteiger charge is 2.29. The molecule has 3 aromatic heterocycles. The van der Waals surface area contributed by atoms with E-state index in [1.165, 1.54) is 0 Å². The van der Waals surface area contributed by atoms with Crippen LogP contribution < -0.4 is 4.74 Å². The van der Waals surface area contributed by atoms with E-state index in [1.54, 1.807) is 10.7 Å². The molecule has 0 atom stereocenters. The topological polar surface area (TPSA) is 72.6 Å². The fraction of sp³-hybridized carbons (Fsp3) is 0.400. The molecule has 0 spiro atoms. The van der Waals surface area contributed by atoms with E-state index in [0.29, 0.717) is 35.9 Å². The molecule has 4 heterocycles. The number of amides is 1. The molecule has 1 aliphatic rings. The predicted molar refractivity (Wildman–Crippen MR) is 101 cm³/mol. The molecule has 0 N–H and O–H groups in total. The highest BCUT2D eigenvalue weighted by atomic mass is 16.5. The molecule has 0 aliphatic carbocycles. The van der Waals surface area contributed by atoms with E-state index >= 15 is 0 Å². The molecule has 0 radical (unpaired) electrons. The second-order valence-electron chi connectivity index (χ2n) is 7.01. The maximum Gasteiger partial charge on any atom is 0.259 e. The molecule has 0 unspecified atom stereocenters. The summed E-state index contributed by atoms with van der Waals surface area (Å²) < 4.78 is 7.68. The molecule has 7 heteroatoms. The third kappa shape index (κ3) is 3.37. The smallest absolute Gasteiger partial charge is 0.259 e. The molecule has 0 saturated carbocycles. The van der Waals surface area contributed by atoms with Gasteiger partial charge in [0.1, 0.15) is 11.7 Å². The van der Waals surface area contributed by atoms with Crippen molar-refractivity contribution >= 4 is 11.6 Å². The number of hydrogen-bond acceptors (Lipinski definition) is 5. The summed E-state index contributed by atoms with van der Waals surface area (Å²) >= 11 is 0. The van der Waals surface area contributed by atoms with Gasteiger partial charge in [-0.25, -0.2) is 14.5 Å². The first-order chi connectivity index (χ1) is 13.0. The summed E-state index contributed by atoms with van der Waals surface area (Å²) in [6.07, 6.45) is 3.37. The summed E-state index contributed by atoms with van der Waals surface area (Å²) in [7, 11) is 0. The van der Waals surface area contributed by atoms with Crippen molar-refractivity contribution in [3.63, 3.8) is 0 Å². The standard InChI is InChI=1S/C20H23N5O2/c1-13-12-14(2)25-19(22-13)18(15(3)23-25)20(26)24-10-7-16(8-11-24)27-17-6-4-5-9-21-17/h4-6,9,12,16H,7-8,10-11H2,1-3H3. The number of carbonyl (C=O) groups is 1. The minimum Gasteiger partial charge on any atom is -0.474 e. The van der Waals surface area contributed by atoms with Gasteiger partial charge in [0.2, 0.25) is 5.88 Å². The van der Waals surface area contributed by atoms with Crippen LogP contribution in [-0.2, 0) is 0 Å². The summed E-state index contributed by atoms with van der Waals surface area (Å²) in [5.74, 6) is 0.632. The fourth-order valence-electron chi connectivity index (χ4n) is 3.60. The van der Waals surface area contributed by atoms with Gasteiger partial charge in [-0.1, -0.05) is 6.07 Å². The Labute approximate surface area is 158 Å². The Bertz CT molecular complexity index is 975. The molecule has 27 heavy (non-hydrogen) atoms. The van der Waals surface area contributed by atoms with Crippen molar-refractivity contribution in [1.29, 1.82) is 0 Å². The summed E-state index contributed by atoms with van der Waals surface area (Å²) in [6.45, 7) is 7.08. The molecule has 0 aromatic carbocycles. The highest BCUT2D eigenvalue weighted by molar-refractivity contribution is 6.01. The Morgan fingerprint density at radius 3 is 2.67 bits per heavy atom. The van der Waals surface area contributed by atoms with Gasteiger partial charge in [0.15, 0.2) is 5.65 Å². The van der Waals surface area contributed by atoms with Crippen LogP contribution in [0.15, 0.2) is 30.5 Å². The van der Waals surface area contributed by atoms with E-state index in [0.717, 1.165) is 24.2 Å². The number of rotatable bonds is 3. The highest BCUT2D eigenvalue weighted by Crippen LogP contribution is 2.22. The van der Waals surface area contributed by atoms with Crippen LogP contribution in [0.2, 0.25) is 0 Å². The average molecular weight is 365 g/mol. The van der Waals surface area contributed by atoms with Gasteiger partial charge in [0.05, 0.1) is 5.69 Å². The van der Waals surface area contributed by atoms with Crippen LogP contribution in [0.3, 0.4) is 0 Å². The van der Waals surface area contributed by atoms with Crippen LogP contribution >= 0.6 is 0 Å². The van der Waals surface area contributed by atoms with Crippen LogP contribution in [0.4, 0.5) is 0 Å². The minimum absolute atomic E-state index is 0.00344. The number of likely N-dealkylation sites (tertiary alicyclic amines) is 1. The van der Waals surface area contributed by atoms with Gasteiger partial charge in [0, 0.05) is 49.6 Å². The van der Waals surface area contributed by atoms with E-state index in [-0.39, 0.29) is 12.0 Å². The molecular weight excluding hydrogens is 342 g/mol. The Morgan fingerprint density at radius 1 is 1.19 bits per heavy atom. The van der Waals surface area contributed by atoms with Crippen LogP contribution in [0.1, 0.15) is 40.3 Å². The maximum atomic E-state index is 13.2. The van der Waals surface area contributed by atoms with E-state index in [2.05, 4.69) is 15.1 Å². The van der Waals surface area contributed by atoms with Gasteiger partial charge < -0.3 is 9.64 Å². The number of fused-ring (bicyclic) bond motifs is 1. The predicted octanol–water partition coefficient (Wildman–Crippen LogP) is 2.73. The Balaban J connectivity index is 1.50. The van der Waals surface area contributed by atoms with Crippen molar-refractivity contribution in [2.75, 3.05) is 13.1 Å². The zero-order valence-electron chi connectivity index (χ0n) is 15.8. The van der Waals surface area contributed by atoms with Crippen LogP contribution in [-0.4, -0.2) is 49.6 Å². The van der Waals surface area contributed by atoms with Gasteiger partial charge in [-0.2, -0.15) is 5.10 Å². The number of aromatic nitrogens is 4. The lowest BCUT2D eigenvalue weighted by atomic mass is 10.1. The van der Waals surface area contributed by atoms with Crippen molar-refractivity contribution in [3.8, 4) is 5.88 Å². The van der Waals surface area contributed by atoms with Crippen LogP contribution in [0.5, 0.6) is 5.88 Å². The van der Waals surface area contributed by atoms with Crippen molar-refractivity contribution < 1.29 is 9.53 Å². The first kappa shape index (κ1) is 17.5. The number of piperidine rings is 1. The van der Waals surface area contributed by atoms with E-state index in [1.807, 2.05) is 49.9 Å². The van der Waals surface area contributed by atoms with Gasteiger partial charge in [-0.15, -0.1) is 0 Å². The Kier molecular flexibility index (Phi) is 4.51. The number of carbonyl (C=O) groups excluding carboxylic acids is 1. The van der Waals surface area contributed by atoms with Crippen molar-refractivity contribution in [3.05, 3.63) is 53.1 Å². The number of nitrogens with zero attached hydrogens (tertiary/aromatic N) is 5. The normalized spacial score (nSPS) is 15.3. The van der Waals surface area contributed by atoms with Crippen molar-refractivity contribution in [1.82, 2.24) is 24.5 Å². The number of hydrogen-bond donors (Lipinski definition) is 0. The molecule has 1 fully saturated rings. The molecule has 7 nitrogen and oxygen atoms in total. The molecule has 1 saturated heterocycles. The van der Waals surface area contributed by atoms with Crippen molar-refractivity contribution in [2.45, 2.75) is 39.7 Å². The molecule has 0 bridgehead atoms. The monoisotopic (exact) mass is 365 g/mol. The van der Waals surface area contributed by atoms with Gasteiger partial charge in [0.25, 0.3) is 5.91 Å². The molecular formula is C20H23N5O2. The van der Waals surface area contributed by atoms with Crippen LogP contribution in [0.25, 0.3) is 5.65 Å². The fourth-order valence-corrected chi connectivity index (χ4v) is 3.60. The third-order valence-electron chi connectivity index (χ3n) is 4.94. The minimum atomic E-state index is -0.00344. The number of pyridine rings is 1. The van der Waals surface area contributed by atoms with E-state index in [4.69, 9.17) is 4.74 Å². The Morgan fingerprint density at radius 2 is 1.96 bits per heavy atom. The molecule has 140 valence electrons. The summed E-state index contributed by atoms with van der Waals surface area (Å²) in [4.78, 5) is 23.8. The quantitative estimate of drug-likeness (QED) is 0.714. The summed E-state index contributed by atoms with van der Waals surface area (Å²) in [5.41, 5.74) is 3.82. The second kappa shape index (κ2) is 6.98. The van der Waals surface area contributed by atoms with E-state index < -0.39 is 0 Å². The molecule has 4 rings (SSSR count). The van der Waals surface area contributed by atoms with Crippen molar-refractivity contribution in [2.24, 2.45) is 0 Å². The SMILES string of the molecule is Cc1cc(C)n2nc(C)c(C(=O)N3CCC(Oc4ccccn4)CC3)c2n1.